The molecule has 0 saturated heterocycles. The second-order valence-corrected chi connectivity index (χ2v) is 3.27. The summed E-state index contributed by atoms with van der Waals surface area (Å²) in [6, 6.07) is 8.24. The summed E-state index contributed by atoms with van der Waals surface area (Å²) < 4.78 is 5.15. The number of hydrogen-bond acceptors (Lipinski definition) is 4. The van der Waals surface area contributed by atoms with Gasteiger partial charge in [0.1, 0.15) is 17.1 Å². The molecule has 0 bridgehead atoms. The van der Waals surface area contributed by atoms with E-state index in [0.29, 0.717) is 17.1 Å². The minimum Gasteiger partial charge on any atom is -0.494 e. The molecule has 0 fully saturated rings. The van der Waals surface area contributed by atoms with E-state index in [0.717, 1.165) is 0 Å². The molecule has 17 heavy (non-hydrogen) atoms. The van der Waals surface area contributed by atoms with Crippen molar-refractivity contribution in [1.29, 1.82) is 0 Å². The van der Waals surface area contributed by atoms with Crippen LogP contribution in [0.15, 0.2) is 36.5 Å². The van der Waals surface area contributed by atoms with Gasteiger partial charge in [0.25, 0.3) is 0 Å². The molecule has 0 aromatic carbocycles. The molecule has 5 nitrogen and oxygen atoms in total. The molecule has 0 saturated carbocycles. The van der Waals surface area contributed by atoms with Crippen molar-refractivity contribution < 1.29 is 14.6 Å². The molecule has 86 valence electrons. The molecule has 0 aliphatic heterocycles. The number of ether oxygens (including phenoxy) is 1. The van der Waals surface area contributed by atoms with Gasteiger partial charge in [-0.15, -0.1) is 0 Å². The Morgan fingerprint density at radius 1 is 1.29 bits per heavy atom. The molecule has 0 atom stereocenters. The van der Waals surface area contributed by atoms with Crippen LogP contribution in [0.4, 0.5) is 0 Å². The number of carboxylic acid groups (broad SMARTS) is 1. The quantitative estimate of drug-likeness (QED) is 0.871. The SMILES string of the molecule is COc1cccnc1-c1cccc(C(=O)O)n1. The largest absolute Gasteiger partial charge is 0.494 e. The molecule has 2 heterocycles. The van der Waals surface area contributed by atoms with Gasteiger partial charge in [0.15, 0.2) is 0 Å². The summed E-state index contributed by atoms with van der Waals surface area (Å²) in [5.74, 6) is -0.510. The lowest BCUT2D eigenvalue weighted by molar-refractivity contribution is 0.0690. The van der Waals surface area contributed by atoms with Crippen LogP contribution in [-0.2, 0) is 0 Å². The maximum atomic E-state index is 10.8. The van der Waals surface area contributed by atoms with Gasteiger partial charge in [0.2, 0.25) is 0 Å². The molecule has 2 aromatic rings. The van der Waals surface area contributed by atoms with E-state index >= 15 is 0 Å². The molecule has 2 aromatic heterocycles. The lowest BCUT2D eigenvalue weighted by Gasteiger charge is -2.06. The molecular formula is C12H10N2O3. The second kappa shape index (κ2) is 4.61. The van der Waals surface area contributed by atoms with E-state index in [1.807, 2.05) is 0 Å². The highest BCUT2D eigenvalue weighted by molar-refractivity contribution is 5.86. The number of hydrogen-bond donors (Lipinski definition) is 1. The molecular weight excluding hydrogens is 220 g/mol. The Hall–Kier alpha value is -2.43. The lowest BCUT2D eigenvalue weighted by Crippen LogP contribution is -2.01. The van der Waals surface area contributed by atoms with Crippen molar-refractivity contribution in [2.24, 2.45) is 0 Å². The highest BCUT2D eigenvalue weighted by Gasteiger charge is 2.11. The number of rotatable bonds is 3. The van der Waals surface area contributed by atoms with Gasteiger partial charge in [0, 0.05) is 6.20 Å². The van der Waals surface area contributed by atoms with Gasteiger partial charge >= 0.3 is 5.97 Å². The van der Waals surface area contributed by atoms with E-state index in [-0.39, 0.29) is 5.69 Å². The maximum Gasteiger partial charge on any atom is 0.354 e. The molecule has 0 spiro atoms. The van der Waals surface area contributed by atoms with Gasteiger partial charge < -0.3 is 9.84 Å². The molecule has 0 amide bonds. The van der Waals surface area contributed by atoms with E-state index in [1.54, 1.807) is 30.5 Å². The first-order chi connectivity index (χ1) is 8.22. The van der Waals surface area contributed by atoms with Crippen molar-refractivity contribution >= 4 is 5.97 Å². The van der Waals surface area contributed by atoms with Crippen LogP contribution in [0.1, 0.15) is 10.5 Å². The highest BCUT2D eigenvalue weighted by Crippen LogP contribution is 2.25. The van der Waals surface area contributed by atoms with Gasteiger partial charge in [-0.3, -0.25) is 4.98 Å². The van der Waals surface area contributed by atoms with Crippen LogP contribution in [0.5, 0.6) is 5.75 Å². The molecule has 1 N–H and O–H groups in total. The van der Waals surface area contributed by atoms with Gasteiger partial charge in [-0.2, -0.15) is 0 Å². The normalized spacial score (nSPS) is 9.94. The summed E-state index contributed by atoms with van der Waals surface area (Å²) in [7, 11) is 1.53. The lowest BCUT2D eigenvalue weighted by atomic mass is 10.2. The minimum absolute atomic E-state index is 0.0183. The number of carboxylic acids is 1. The zero-order valence-corrected chi connectivity index (χ0v) is 9.12. The van der Waals surface area contributed by atoms with Crippen LogP contribution in [-0.4, -0.2) is 28.2 Å². The minimum atomic E-state index is -1.07. The summed E-state index contributed by atoms with van der Waals surface area (Å²) in [6.07, 6.45) is 1.60. The van der Waals surface area contributed by atoms with Crippen LogP contribution < -0.4 is 4.74 Å². The van der Waals surface area contributed by atoms with Crippen molar-refractivity contribution in [1.82, 2.24) is 9.97 Å². The van der Waals surface area contributed by atoms with E-state index in [2.05, 4.69) is 9.97 Å². The Morgan fingerprint density at radius 3 is 2.82 bits per heavy atom. The summed E-state index contributed by atoms with van der Waals surface area (Å²) >= 11 is 0. The first-order valence-electron chi connectivity index (χ1n) is 4.92. The number of carbonyl (C=O) groups is 1. The fraction of sp³-hybridized carbons (Fsp3) is 0.0833. The van der Waals surface area contributed by atoms with Crippen molar-refractivity contribution in [3.8, 4) is 17.1 Å². The van der Waals surface area contributed by atoms with Crippen LogP contribution in [0.25, 0.3) is 11.4 Å². The Balaban J connectivity index is 2.52. The third-order valence-corrected chi connectivity index (χ3v) is 2.20. The van der Waals surface area contributed by atoms with Crippen molar-refractivity contribution in [3.05, 3.63) is 42.2 Å². The Kier molecular flexibility index (Phi) is 3.00. The van der Waals surface area contributed by atoms with Crippen LogP contribution in [0, 0.1) is 0 Å². The second-order valence-electron chi connectivity index (χ2n) is 3.27. The first-order valence-corrected chi connectivity index (χ1v) is 4.92. The summed E-state index contributed by atoms with van der Waals surface area (Å²) in [4.78, 5) is 19.0. The zero-order chi connectivity index (χ0) is 12.3. The summed E-state index contributed by atoms with van der Waals surface area (Å²) in [6.45, 7) is 0. The molecule has 2 rings (SSSR count). The smallest absolute Gasteiger partial charge is 0.354 e. The van der Waals surface area contributed by atoms with Gasteiger partial charge in [0.05, 0.1) is 12.8 Å². The monoisotopic (exact) mass is 230 g/mol. The van der Waals surface area contributed by atoms with Crippen LogP contribution >= 0.6 is 0 Å². The average molecular weight is 230 g/mol. The van der Waals surface area contributed by atoms with Gasteiger partial charge in [-0.25, -0.2) is 9.78 Å². The fourth-order valence-electron chi connectivity index (χ4n) is 1.43. The van der Waals surface area contributed by atoms with Gasteiger partial charge in [-0.1, -0.05) is 6.07 Å². The average Bonchev–Trinajstić information content (AvgIpc) is 2.39. The third-order valence-electron chi connectivity index (χ3n) is 2.20. The Labute approximate surface area is 97.7 Å². The molecule has 0 aliphatic carbocycles. The van der Waals surface area contributed by atoms with Crippen molar-refractivity contribution in [2.45, 2.75) is 0 Å². The number of nitrogens with zero attached hydrogens (tertiary/aromatic N) is 2. The van der Waals surface area contributed by atoms with Crippen LogP contribution in [0.2, 0.25) is 0 Å². The molecule has 0 radical (unpaired) electrons. The standard InChI is InChI=1S/C12H10N2O3/c1-17-10-6-3-7-13-11(10)8-4-2-5-9(14-8)12(15)16/h2-7H,1H3,(H,15,16). The zero-order valence-electron chi connectivity index (χ0n) is 9.12. The van der Waals surface area contributed by atoms with E-state index in [4.69, 9.17) is 9.84 Å². The maximum absolute atomic E-state index is 10.8. The van der Waals surface area contributed by atoms with Crippen molar-refractivity contribution in [2.75, 3.05) is 7.11 Å². The predicted octanol–water partition coefficient (Wildman–Crippen LogP) is 1.85. The fourth-order valence-corrected chi connectivity index (χ4v) is 1.43. The number of pyridine rings is 2. The number of aromatic carboxylic acids is 1. The third kappa shape index (κ3) is 2.23. The van der Waals surface area contributed by atoms with E-state index in [1.165, 1.54) is 13.2 Å². The van der Waals surface area contributed by atoms with Gasteiger partial charge in [-0.05, 0) is 24.3 Å². The summed E-state index contributed by atoms with van der Waals surface area (Å²) in [5.41, 5.74) is 0.982. The molecule has 0 aliphatic rings. The highest BCUT2D eigenvalue weighted by atomic mass is 16.5. The van der Waals surface area contributed by atoms with Crippen molar-refractivity contribution in [3.63, 3.8) is 0 Å². The Bertz CT molecular complexity index is 555. The molecule has 0 unspecified atom stereocenters. The molecule has 5 heteroatoms. The van der Waals surface area contributed by atoms with E-state index < -0.39 is 5.97 Å². The predicted molar refractivity (Wildman–Crippen MR) is 61.0 cm³/mol. The van der Waals surface area contributed by atoms with E-state index in [9.17, 15) is 4.79 Å². The number of aromatic nitrogens is 2. The van der Waals surface area contributed by atoms with Crippen LogP contribution in [0.3, 0.4) is 0 Å². The Morgan fingerprint density at radius 2 is 2.12 bits per heavy atom. The first kappa shape index (κ1) is 11.1. The topological polar surface area (TPSA) is 72.3 Å². The number of methoxy groups -OCH3 is 1. The summed E-state index contributed by atoms with van der Waals surface area (Å²) in [5, 5.41) is 8.87.